The third-order valence-corrected chi connectivity index (χ3v) is 6.22. The number of fused-ring (bicyclic) bond motifs is 1. The van der Waals surface area contributed by atoms with E-state index in [1.54, 1.807) is 23.5 Å². The van der Waals surface area contributed by atoms with Gasteiger partial charge in [0, 0.05) is 14.7 Å². The van der Waals surface area contributed by atoms with Crippen LogP contribution in [0.25, 0.3) is 11.0 Å². The van der Waals surface area contributed by atoms with Gasteiger partial charge in [0.15, 0.2) is 0 Å². The molecule has 1 unspecified atom stereocenters. The lowest BCUT2D eigenvalue weighted by atomic mass is 10.2. The molecule has 3 aromatic rings. The lowest BCUT2D eigenvalue weighted by Gasteiger charge is -2.10. The van der Waals surface area contributed by atoms with Gasteiger partial charge < -0.3 is 4.42 Å². The summed E-state index contributed by atoms with van der Waals surface area (Å²) in [6.45, 7) is 0. The molecule has 3 N–H and O–H groups in total. The number of nitrogens with two attached hydrogens (primary N) is 1. The summed E-state index contributed by atoms with van der Waals surface area (Å²) in [7, 11) is 0. The second-order valence-corrected chi connectivity index (χ2v) is 7.46. The number of furan rings is 1. The minimum absolute atomic E-state index is 0.280. The van der Waals surface area contributed by atoms with E-state index in [0.29, 0.717) is 11.3 Å². The van der Waals surface area contributed by atoms with Crippen molar-refractivity contribution < 1.29 is 8.81 Å². The molecule has 0 amide bonds. The molecule has 0 radical (unpaired) electrons. The molecule has 1 aromatic carbocycles. The van der Waals surface area contributed by atoms with E-state index < -0.39 is 0 Å². The summed E-state index contributed by atoms with van der Waals surface area (Å²) in [5.41, 5.74) is 3.37. The standard InChI is InChI=1S/C13H9Br2FN2OS/c14-8-5-11(20-13(8)15)12(18-17)10-4-6-3-7(16)1-2-9(6)19-10/h1-5,12,18H,17H2. The normalized spacial score (nSPS) is 13.0. The van der Waals surface area contributed by atoms with E-state index >= 15 is 0 Å². The van der Waals surface area contributed by atoms with Gasteiger partial charge >= 0.3 is 0 Å². The number of halogens is 3. The first-order chi connectivity index (χ1) is 9.58. The van der Waals surface area contributed by atoms with E-state index in [4.69, 9.17) is 10.3 Å². The number of rotatable bonds is 3. The maximum atomic E-state index is 13.2. The quantitative estimate of drug-likeness (QED) is 0.477. The molecule has 20 heavy (non-hydrogen) atoms. The average molecular weight is 420 g/mol. The van der Waals surface area contributed by atoms with Gasteiger partial charge in [-0.1, -0.05) is 0 Å². The Hall–Kier alpha value is -0.730. The first-order valence-electron chi connectivity index (χ1n) is 5.68. The van der Waals surface area contributed by atoms with Crippen LogP contribution < -0.4 is 11.3 Å². The minimum atomic E-state index is -0.288. The van der Waals surface area contributed by atoms with Crippen LogP contribution in [0.2, 0.25) is 0 Å². The molecular formula is C13H9Br2FN2OS. The molecule has 104 valence electrons. The number of hydrogen-bond acceptors (Lipinski definition) is 4. The number of hydrogen-bond donors (Lipinski definition) is 2. The average Bonchev–Trinajstić information content (AvgIpc) is 2.95. The molecule has 3 rings (SSSR count). The zero-order valence-corrected chi connectivity index (χ0v) is 14.0. The second-order valence-electron chi connectivity index (χ2n) is 4.20. The molecule has 2 aromatic heterocycles. The van der Waals surface area contributed by atoms with Crippen LogP contribution in [0.1, 0.15) is 16.7 Å². The van der Waals surface area contributed by atoms with Crippen LogP contribution >= 0.6 is 43.2 Å². The van der Waals surface area contributed by atoms with Crippen molar-refractivity contribution in [1.29, 1.82) is 0 Å². The first-order valence-corrected chi connectivity index (χ1v) is 8.08. The van der Waals surface area contributed by atoms with Crippen LogP contribution in [-0.4, -0.2) is 0 Å². The van der Waals surface area contributed by atoms with E-state index in [9.17, 15) is 4.39 Å². The third kappa shape index (κ3) is 2.56. The summed E-state index contributed by atoms with van der Waals surface area (Å²) in [6.07, 6.45) is 0. The van der Waals surface area contributed by atoms with Crippen molar-refractivity contribution in [3.8, 4) is 0 Å². The molecule has 2 heterocycles. The first kappa shape index (κ1) is 14.2. The predicted molar refractivity (Wildman–Crippen MR) is 85.1 cm³/mol. The highest BCUT2D eigenvalue weighted by Crippen LogP contribution is 2.38. The molecule has 0 saturated heterocycles. The Kier molecular flexibility index (Phi) is 3.96. The Morgan fingerprint density at radius 2 is 2.05 bits per heavy atom. The molecule has 0 aliphatic carbocycles. The number of thiophene rings is 1. The fraction of sp³-hybridized carbons (Fsp3) is 0.0769. The highest BCUT2D eigenvalue weighted by Gasteiger charge is 2.20. The molecular weight excluding hydrogens is 411 g/mol. The fourth-order valence-corrected chi connectivity index (χ4v) is 4.15. The summed E-state index contributed by atoms with van der Waals surface area (Å²) >= 11 is 8.45. The van der Waals surface area contributed by atoms with E-state index in [1.165, 1.54) is 12.1 Å². The largest absolute Gasteiger partial charge is 0.459 e. The molecule has 1 atom stereocenters. The topological polar surface area (TPSA) is 51.2 Å². The molecule has 0 aliphatic heterocycles. The van der Waals surface area contributed by atoms with Gasteiger partial charge in [-0.15, -0.1) is 11.3 Å². The smallest absolute Gasteiger partial charge is 0.134 e. The zero-order chi connectivity index (χ0) is 14.3. The van der Waals surface area contributed by atoms with Gasteiger partial charge in [-0.3, -0.25) is 5.84 Å². The molecule has 0 spiro atoms. The van der Waals surface area contributed by atoms with Crippen LogP contribution in [0.15, 0.2) is 43.0 Å². The monoisotopic (exact) mass is 418 g/mol. The maximum absolute atomic E-state index is 13.2. The molecule has 7 heteroatoms. The van der Waals surface area contributed by atoms with Crippen LogP contribution in [0.3, 0.4) is 0 Å². The number of benzene rings is 1. The second kappa shape index (κ2) is 5.57. The Morgan fingerprint density at radius 1 is 1.25 bits per heavy atom. The summed E-state index contributed by atoms with van der Waals surface area (Å²) in [5, 5.41) is 0.718. The van der Waals surface area contributed by atoms with E-state index in [-0.39, 0.29) is 11.9 Å². The summed E-state index contributed by atoms with van der Waals surface area (Å²) < 4.78 is 20.9. The van der Waals surface area contributed by atoms with Gasteiger partial charge in [-0.25, -0.2) is 9.82 Å². The van der Waals surface area contributed by atoms with Gasteiger partial charge in [0.05, 0.1) is 3.79 Å². The molecule has 0 fully saturated rings. The van der Waals surface area contributed by atoms with Crippen molar-refractivity contribution >= 4 is 54.2 Å². The summed E-state index contributed by atoms with van der Waals surface area (Å²) in [5.74, 6) is 6.00. The van der Waals surface area contributed by atoms with Crippen molar-refractivity contribution in [2.75, 3.05) is 0 Å². The van der Waals surface area contributed by atoms with E-state index in [0.717, 1.165) is 18.5 Å². The van der Waals surface area contributed by atoms with Crippen molar-refractivity contribution in [2.45, 2.75) is 6.04 Å². The van der Waals surface area contributed by atoms with Gasteiger partial charge in [-0.2, -0.15) is 0 Å². The van der Waals surface area contributed by atoms with Crippen LogP contribution in [0, 0.1) is 5.82 Å². The van der Waals surface area contributed by atoms with Gasteiger partial charge in [0.1, 0.15) is 23.2 Å². The molecule has 0 bridgehead atoms. The third-order valence-electron chi connectivity index (χ3n) is 2.90. The van der Waals surface area contributed by atoms with Crippen LogP contribution in [-0.2, 0) is 0 Å². The maximum Gasteiger partial charge on any atom is 0.134 e. The van der Waals surface area contributed by atoms with Gasteiger partial charge in [-0.05, 0) is 62.2 Å². The Balaban J connectivity index is 2.06. The zero-order valence-electron chi connectivity index (χ0n) is 9.99. The van der Waals surface area contributed by atoms with Gasteiger partial charge in [0.2, 0.25) is 0 Å². The minimum Gasteiger partial charge on any atom is -0.459 e. The Bertz CT molecular complexity index is 751. The summed E-state index contributed by atoms with van der Waals surface area (Å²) in [4.78, 5) is 0.991. The van der Waals surface area contributed by atoms with Crippen molar-refractivity contribution in [2.24, 2.45) is 5.84 Å². The predicted octanol–water partition coefficient (Wildman–Crippen LogP) is 4.71. The highest BCUT2D eigenvalue weighted by molar-refractivity contribution is 9.13. The Labute approximate surface area is 135 Å². The van der Waals surface area contributed by atoms with Crippen molar-refractivity contribution in [3.05, 3.63) is 55.0 Å². The molecule has 0 aliphatic rings. The number of nitrogens with one attached hydrogen (secondary N) is 1. The molecule has 0 saturated carbocycles. The summed E-state index contributed by atoms with van der Waals surface area (Å²) in [6, 6.07) is 7.91. The highest BCUT2D eigenvalue weighted by atomic mass is 79.9. The molecule has 3 nitrogen and oxygen atoms in total. The lowest BCUT2D eigenvalue weighted by molar-refractivity contribution is 0.481. The van der Waals surface area contributed by atoms with Gasteiger partial charge in [0.25, 0.3) is 0 Å². The fourth-order valence-electron chi connectivity index (χ4n) is 1.99. The van der Waals surface area contributed by atoms with E-state index in [1.807, 2.05) is 6.07 Å². The Morgan fingerprint density at radius 3 is 2.70 bits per heavy atom. The van der Waals surface area contributed by atoms with E-state index in [2.05, 4.69) is 37.3 Å². The van der Waals surface area contributed by atoms with Crippen molar-refractivity contribution in [3.63, 3.8) is 0 Å². The lowest BCUT2D eigenvalue weighted by Crippen LogP contribution is -2.27. The van der Waals surface area contributed by atoms with Crippen molar-refractivity contribution in [1.82, 2.24) is 5.43 Å². The van der Waals surface area contributed by atoms with Crippen LogP contribution in [0.5, 0.6) is 0 Å². The van der Waals surface area contributed by atoms with Crippen LogP contribution in [0.4, 0.5) is 4.39 Å². The SMILES string of the molecule is NNC(c1cc2cc(F)ccc2o1)c1cc(Br)c(Br)s1. The number of hydrazine groups is 1.